The number of fused-ring (bicyclic) bond motifs is 1. The monoisotopic (exact) mass is 383 g/mol. The smallest absolute Gasteiger partial charge is 0.226 e. The van der Waals surface area contributed by atoms with Crippen molar-refractivity contribution in [3.63, 3.8) is 0 Å². The van der Waals surface area contributed by atoms with E-state index in [4.69, 9.17) is 9.97 Å². The van der Waals surface area contributed by atoms with Crippen molar-refractivity contribution < 1.29 is 0 Å². The minimum absolute atomic E-state index is 0.816. The zero-order chi connectivity index (χ0) is 19.8. The number of benzene rings is 2. The first kappa shape index (κ1) is 17.9. The van der Waals surface area contributed by atoms with Gasteiger partial charge in [-0.2, -0.15) is 0 Å². The van der Waals surface area contributed by atoms with E-state index in [1.54, 1.807) is 0 Å². The van der Waals surface area contributed by atoms with Gasteiger partial charge in [-0.15, -0.1) is 0 Å². The average Bonchev–Trinajstić information content (AvgIpc) is 3.19. The summed E-state index contributed by atoms with van der Waals surface area (Å²) in [5.74, 6) is 0.816. The number of rotatable bonds is 3. The quantitative estimate of drug-likeness (QED) is 0.571. The first-order chi connectivity index (χ1) is 14.2. The minimum Gasteiger partial charge on any atom is -0.360 e. The van der Waals surface area contributed by atoms with Gasteiger partial charge in [0.25, 0.3) is 0 Å². The van der Waals surface area contributed by atoms with E-state index in [1.165, 1.54) is 10.9 Å². The number of H-pyrrole nitrogens is 1. The van der Waals surface area contributed by atoms with E-state index in [2.05, 4.69) is 89.5 Å². The maximum atomic E-state index is 4.99. The van der Waals surface area contributed by atoms with Gasteiger partial charge in [-0.3, -0.25) is 0 Å². The zero-order valence-electron chi connectivity index (χ0n) is 16.9. The van der Waals surface area contributed by atoms with E-state index >= 15 is 0 Å². The molecule has 3 heterocycles. The first-order valence-electron chi connectivity index (χ1n) is 10.1. The topological polar surface area (TPSA) is 48.1 Å². The van der Waals surface area contributed by atoms with E-state index in [9.17, 15) is 0 Å². The number of hydrogen-bond acceptors (Lipinski definition) is 4. The molecule has 0 bridgehead atoms. The highest BCUT2D eigenvalue weighted by Crippen LogP contribution is 2.31. The molecule has 5 heteroatoms. The van der Waals surface area contributed by atoms with Gasteiger partial charge in [0.15, 0.2) is 0 Å². The third-order valence-corrected chi connectivity index (χ3v) is 5.71. The van der Waals surface area contributed by atoms with Crippen LogP contribution in [0.1, 0.15) is 5.56 Å². The largest absolute Gasteiger partial charge is 0.360 e. The summed E-state index contributed by atoms with van der Waals surface area (Å²) in [6.45, 7) is 6.06. The molecule has 29 heavy (non-hydrogen) atoms. The number of aromatic amines is 1. The fourth-order valence-corrected chi connectivity index (χ4v) is 3.88. The molecule has 0 spiro atoms. The van der Waals surface area contributed by atoms with Crippen LogP contribution in [0.25, 0.3) is 33.4 Å². The summed E-state index contributed by atoms with van der Waals surface area (Å²) in [5.41, 5.74) is 6.54. The number of piperazine rings is 1. The lowest BCUT2D eigenvalue weighted by Crippen LogP contribution is -2.45. The van der Waals surface area contributed by atoms with E-state index in [-0.39, 0.29) is 0 Å². The summed E-state index contributed by atoms with van der Waals surface area (Å²) >= 11 is 0. The third kappa shape index (κ3) is 3.49. The Balaban J connectivity index is 1.64. The van der Waals surface area contributed by atoms with Gasteiger partial charge in [0.05, 0.1) is 11.4 Å². The molecule has 0 amide bonds. The Morgan fingerprint density at radius 2 is 1.59 bits per heavy atom. The Morgan fingerprint density at radius 1 is 0.862 bits per heavy atom. The van der Waals surface area contributed by atoms with Crippen LogP contribution < -0.4 is 4.90 Å². The van der Waals surface area contributed by atoms with Crippen molar-refractivity contribution >= 4 is 16.9 Å². The second kappa shape index (κ2) is 7.33. The molecular formula is C24H25N5. The molecule has 146 valence electrons. The second-order valence-electron chi connectivity index (χ2n) is 7.84. The molecule has 1 N–H and O–H groups in total. The summed E-state index contributed by atoms with van der Waals surface area (Å²) in [4.78, 5) is 18.0. The molecular weight excluding hydrogens is 358 g/mol. The highest BCUT2D eigenvalue weighted by Gasteiger charge is 2.19. The Kier molecular flexibility index (Phi) is 4.52. The molecule has 1 aliphatic rings. The van der Waals surface area contributed by atoms with Crippen LogP contribution in [0.2, 0.25) is 0 Å². The number of hydrogen-bond donors (Lipinski definition) is 1. The van der Waals surface area contributed by atoms with Crippen molar-refractivity contribution in [3.8, 4) is 22.5 Å². The molecule has 0 saturated carbocycles. The summed E-state index contributed by atoms with van der Waals surface area (Å²) in [6, 6.07) is 19.0. The van der Waals surface area contributed by atoms with Gasteiger partial charge >= 0.3 is 0 Å². The summed E-state index contributed by atoms with van der Waals surface area (Å²) in [6.07, 6.45) is 2.06. The number of aromatic nitrogens is 3. The number of anilines is 1. The minimum atomic E-state index is 0.816. The van der Waals surface area contributed by atoms with Gasteiger partial charge in [0.1, 0.15) is 0 Å². The van der Waals surface area contributed by atoms with Crippen molar-refractivity contribution in [2.24, 2.45) is 0 Å². The second-order valence-corrected chi connectivity index (χ2v) is 7.84. The number of aryl methyl sites for hydroxylation is 1. The number of nitrogens with one attached hydrogen (secondary N) is 1. The van der Waals surface area contributed by atoms with E-state index in [0.29, 0.717) is 0 Å². The van der Waals surface area contributed by atoms with E-state index < -0.39 is 0 Å². The molecule has 1 fully saturated rings. The molecule has 2 aromatic carbocycles. The maximum absolute atomic E-state index is 4.99. The Bertz CT molecular complexity index is 1140. The van der Waals surface area contributed by atoms with Gasteiger partial charge in [-0.1, -0.05) is 48.0 Å². The Labute approximate surface area is 171 Å². The molecule has 1 saturated heterocycles. The van der Waals surface area contributed by atoms with Crippen molar-refractivity contribution in [2.45, 2.75) is 6.92 Å². The molecule has 2 aromatic heterocycles. The molecule has 0 aliphatic carbocycles. The Morgan fingerprint density at radius 3 is 2.38 bits per heavy atom. The van der Waals surface area contributed by atoms with Crippen LogP contribution in [0.5, 0.6) is 0 Å². The lowest BCUT2D eigenvalue weighted by atomic mass is 10.1. The van der Waals surface area contributed by atoms with Crippen LogP contribution in [0, 0.1) is 6.92 Å². The fraction of sp³-hybridized carbons (Fsp3) is 0.250. The van der Waals surface area contributed by atoms with Crippen LogP contribution in [0.4, 0.5) is 5.95 Å². The normalized spacial score (nSPS) is 15.2. The molecule has 4 aromatic rings. The molecule has 1 aliphatic heterocycles. The summed E-state index contributed by atoms with van der Waals surface area (Å²) in [7, 11) is 2.16. The van der Waals surface area contributed by atoms with Gasteiger partial charge in [0.2, 0.25) is 5.95 Å². The zero-order valence-corrected chi connectivity index (χ0v) is 16.9. The van der Waals surface area contributed by atoms with Crippen molar-refractivity contribution in [2.75, 3.05) is 38.1 Å². The molecule has 5 rings (SSSR count). The highest BCUT2D eigenvalue weighted by molar-refractivity contribution is 5.95. The van der Waals surface area contributed by atoms with Gasteiger partial charge < -0.3 is 14.8 Å². The van der Waals surface area contributed by atoms with Crippen molar-refractivity contribution in [1.82, 2.24) is 19.9 Å². The Hall–Kier alpha value is -3.18. The van der Waals surface area contributed by atoms with Crippen LogP contribution >= 0.6 is 0 Å². The molecule has 0 radical (unpaired) electrons. The fourth-order valence-electron chi connectivity index (χ4n) is 3.88. The van der Waals surface area contributed by atoms with Crippen LogP contribution in [-0.4, -0.2) is 53.1 Å². The number of likely N-dealkylation sites (N-methyl/N-ethyl adjacent to an activating group) is 1. The van der Waals surface area contributed by atoms with Crippen molar-refractivity contribution in [3.05, 3.63) is 66.4 Å². The number of para-hydroxylation sites is 1. The summed E-state index contributed by atoms with van der Waals surface area (Å²) < 4.78 is 0. The van der Waals surface area contributed by atoms with E-state index in [0.717, 1.165) is 60.2 Å². The standard InChI is InChI=1S/C24H25N5/c1-17-7-9-18(10-8-17)22-15-23(20-16-25-21-6-4-3-5-19(20)21)27-24(26-22)29-13-11-28(2)12-14-29/h3-10,15-16,25H,11-14H2,1-2H3. The third-order valence-electron chi connectivity index (χ3n) is 5.71. The predicted molar refractivity (Wildman–Crippen MR) is 119 cm³/mol. The van der Waals surface area contributed by atoms with Gasteiger partial charge in [-0.25, -0.2) is 9.97 Å². The van der Waals surface area contributed by atoms with Gasteiger partial charge in [0, 0.05) is 54.4 Å². The first-order valence-corrected chi connectivity index (χ1v) is 10.1. The van der Waals surface area contributed by atoms with E-state index in [1.807, 2.05) is 0 Å². The lowest BCUT2D eigenvalue weighted by molar-refractivity contribution is 0.311. The van der Waals surface area contributed by atoms with Crippen molar-refractivity contribution in [1.29, 1.82) is 0 Å². The highest BCUT2D eigenvalue weighted by atomic mass is 15.3. The lowest BCUT2D eigenvalue weighted by Gasteiger charge is -2.32. The van der Waals surface area contributed by atoms with Crippen LogP contribution in [0.15, 0.2) is 60.8 Å². The average molecular weight is 383 g/mol. The molecule has 0 atom stereocenters. The maximum Gasteiger partial charge on any atom is 0.226 e. The summed E-state index contributed by atoms with van der Waals surface area (Å²) in [5, 5.41) is 1.19. The van der Waals surface area contributed by atoms with Gasteiger partial charge in [-0.05, 0) is 26.1 Å². The van der Waals surface area contributed by atoms with Crippen LogP contribution in [0.3, 0.4) is 0 Å². The molecule has 0 unspecified atom stereocenters. The SMILES string of the molecule is Cc1ccc(-c2cc(-c3c[nH]c4ccccc34)nc(N3CCN(C)CC3)n2)cc1. The number of nitrogens with zero attached hydrogens (tertiary/aromatic N) is 4. The van der Waals surface area contributed by atoms with Crippen LogP contribution in [-0.2, 0) is 0 Å². The molecule has 5 nitrogen and oxygen atoms in total. The predicted octanol–water partition coefficient (Wildman–Crippen LogP) is 4.35.